The molecular formula is C18H14ClIN2. The summed E-state index contributed by atoms with van der Waals surface area (Å²) in [6.45, 7) is 2.08. The average molecular weight is 421 g/mol. The molecule has 0 aliphatic carbocycles. The Morgan fingerprint density at radius 3 is 2.59 bits per heavy atom. The summed E-state index contributed by atoms with van der Waals surface area (Å²) in [5.74, 6) is 0. The second-order valence-corrected chi connectivity index (χ2v) is 6.65. The highest BCUT2D eigenvalue weighted by molar-refractivity contribution is 14.1. The van der Waals surface area contributed by atoms with Gasteiger partial charge >= 0.3 is 0 Å². The number of benzene rings is 2. The number of rotatable bonds is 3. The number of aromatic nitrogens is 1. The van der Waals surface area contributed by atoms with E-state index in [4.69, 9.17) is 11.6 Å². The minimum atomic E-state index is 0.737. The topological polar surface area (TPSA) is 17.3 Å². The lowest BCUT2D eigenvalue weighted by Crippen LogP contribution is -1.97. The first-order chi connectivity index (χ1) is 10.6. The molecule has 2 nitrogen and oxygen atoms in total. The highest BCUT2D eigenvalue weighted by atomic mass is 127. The highest BCUT2D eigenvalue weighted by Crippen LogP contribution is 2.21. The molecule has 0 atom stereocenters. The molecule has 1 heterocycles. The fraction of sp³-hybridized carbons (Fsp3) is 0.0556. The first kappa shape index (κ1) is 15.3. The lowest BCUT2D eigenvalue weighted by atomic mass is 10.2. The summed E-state index contributed by atoms with van der Waals surface area (Å²) in [4.78, 5) is 4.62. The Hall–Kier alpha value is -1.59. The summed E-state index contributed by atoms with van der Waals surface area (Å²) in [6, 6.07) is 18.1. The Bertz CT molecular complexity index is 819. The van der Waals surface area contributed by atoms with Gasteiger partial charge in [-0.05, 0) is 89.7 Å². The van der Waals surface area contributed by atoms with Crippen molar-refractivity contribution in [2.75, 3.05) is 0 Å². The van der Waals surface area contributed by atoms with E-state index >= 15 is 0 Å². The number of hydrogen-bond donors (Lipinski definition) is 0. The van der Waals surface area contributed by atoms with Crippen molar-refractivity contribution in [3.63, 3.8) is 0 Å². The van der Waals surface area contributed by atoms with Crippen LogP contribution in [0.15, 0.2) is 65.8 Å². The molecule has 0 aliphatic rings. The standard InChI is InChI=1S/C18H14ClIN2/c1-13-11-15(20)6-9-18(13)21-12-17-3-2-10-22(17)16-7-4-14(19)5-8-16/h2-12H,1H3. The smallest absolute Gasteiger partial charge is 0.0660 e. The fourth-order valence-corrected chi connectivity index (χ4v) is 3.01. The van der Waals surface area contributed by atoms with Crippen LogP contribution in [0.25, 0.3) is 5.69 Å². The molecule has 22 heavy (non-hydrogen) atoms. The van der Waals surface area contributed by atoms with Crippen LogP contribution in [0.5, 0.6) is 0 Å². The van der Waals surface area contributed by atoms with Crippen molar-refractivity contribution in [2.24, 2.45) is 4.99 Å². The lowest BCUT2D eigenvalue weighted by Gasteiger charge is -2.06. The molecule has 0 saturated heterocycles. The number of hydrogen-bond acceptors (Lipinski definition) is 1. The fourth-order valence-electron chi connectivity index (χ4n) is 2.24. The van der Waals surface area contributed by atoms with Crippen molar-refractivity contribution in [1.82, 2.24) is 4.57 Å². The number of aryl methyl sites for hydroxylation is 1. The number of halogens is 2. The van der Waals surface area contributed by atoms with Crippen LogP contribution in [0, 0.1) is 10.5 Å². The zero-order valence-electron chi connectivity index (χ0n) is 12.0. The summed E-state index contributed by atoms with van der Waals surface area (Å²) in [5.41, 5.74) is 4.26. The molecule has 0 spiro atoms. The van der Waals surface area contributed by atoms with Crippen molar-refractivity contribution in [2.45, 2.75) is 6.92 Å². The van der Waals surface area contributed by atoms with Crippen LogP contribution in [-0.4, -0.2) is 10.8 Å². The average Bonchev–Trinajstić information content (AvgIpc) is 2.95. The van der Waals surface area contributed by atoms with Gasteiger partial charge in [-0.2, -0.15) is 0 Å². The second kappa shape index (κ2) is 6.67. The molecule has 0 N–H and O–H groups in total. The summed E-state index contributed by atoms with van der Waals surface area (Å²) in [5, 5.41) is 0.737. The molecule has 0 fully saturated rings. The second-order valence-electron chi connectivity index (χ2n) is 4.97. The van der Waals surface area contributed by atoms with Crippen LogP contribution in [0.3, 0.4) is 0 Å². The molecule has 0 unspecified atom stereocenters. The molecule has 110 valence electrons. The van der Waals surface area contributed by atoms with Gasteiger partial charge in [-0.1, -0.05) is 11.6 Å². The van der Waals surface area contributed by atoms with E-state index < -0.39 is 0 Å². The van der Waals surface area contributed by atoms with Gasteiger partial charge in [0, 0.05) is 20.5 Å². The van der Waals surface area contributed by atoms with E-state index in [1.54, 1.807) is 0 Å². The third-order valence-electron chi connectivity index (χ3n) is 3.38. The van der Waals surface area contributed by atoms with Gasteiger partial charge in [0.1, 0.15) is 0 Å². The van der Waals surface area contributed by atoms with E-state index in [1.165, 1.54) is 9.13 Å². The van der Waals surface area contributed by atoms with Gasteiger partial charge in [0.15, 0.2) is 0 Å². The van der Waals surface area contributed by atoms with Gasteiger partial charge in [-0.3, -0.25) is 4.99 Å². The predicted molar refractivity (Wildman–Crippen MR) is 102 cm³/mol. The van der Waals surface area contributed by atoms with E-state index in [9.17, 15) is 0 Å². The molecule has 0 radical (unpaired) electrons. The van der Waals surface area contributed by atoms with Crippen LogP contribution in [-0.2, 0) is 0 Å². The van der Waals surface area contributed by atoms with Crippen molar-refractivity contribution in [3.8, 4) is 5.69 Å². The molecule has 0 aliphatic heterocycles. The van der Waals surface area contributed by atoms with Crippen LogP contribution >= 0.6 is 34.2 Å². The van der Waals surface area contributed by atoms with Gasteiger partial charge in [0.05, 0.1) is 17.6 Å². The zero-order chi connectivity index (χ0) is 15.5. The monoisotopic (exact) mass is 420 g/mol. The Kier molecular flexibility index (Phi) is 4.64. The Balaban J connectivity index is 1.92. The van der Waals surface area contributed by atoms with Gasteiger partial charge in [-0.15, -0.1) is 0 Å². The van der Waals surface area contributed by atoms with Gasteiger partial charge < -0.3 is 4.57 Å². The number of nitrogens with zero attached hydrogens (tertiary/aromatic N) is 2. The van der Waals surface area contributed by atoms with E-state index in [2.05, 4.69) is 51.2 Å². The maximum absolute atomic E-state index is 5.95. The molecule has 3 aromatic rings. The van der Waals surface area contributed by atoms with Crippen molar-refractivity contribution < 1.29 is 0 Å². The lowest BCUT2D eigenvalue weighted by molar-refractivity contribution is 1.07. The zero-order valence-corrected chi connectivity index (χ0v) is 14.9. The van der Waals surface area contributed by atoms with Crippen LogP contribution < -0.4 is 0 Å². The van der Waals surface area contributed by atoms with Crippen LogP contribution in [0.2, 0.25) is 5.02 Å². The molecule has 0 amide bonds. The maximum Gasteiger partial charge on any atom is 0.0660 e. The van der Waals surface area contributed by atoms with Crippen molar-refractivity contribution in [3.05, 3.63) is 80.6 Å². The Labute approximate surface area is 148 Å². The van der Waals surface area contributed by atoms with E-state index in [0.29, 0.717) is 0 Å². The minimum Gasteiger partial charge on any atom is -0.316 e. The Morgan fingerprint density at radius 1 is 1.09 bits per heavy atom. The highest BCUT2D eigenvalue weighted by Gasteiger charge is 2.02. The van der Waals surface area contributed by atoms with Gasteiger partial charge in [0.2, 0.25) is 0 Å². The van der Waals surface area contributed by atoms with E-state index in [1.807, 2.05) is 54.9 Å². The Morgan fingerprint density at radius 2 is 1.86 bits per heavy atom. The third kappa shape index (κ3) is 3.42. The molecular weight excluding hydrogens is 407 g/mol. The SMILES string of the molecule is Cc1cc(I)ccc1N=Cc1cccn1-c1ccc(Cl)cc1. The van der Waals surface area contributed by atoms with Gasteiger partial charge in [-0.25, -0.2) is 0 Å². The molecule has 3 rings (SSSR count). The predicted octanol–water partition coefficient (Wildman–Crippen LogP) is 5.79. The van der Waals surface area contributed by atoms with E-state index in [0.717, 1.165) is 22.1 Å². The molecule has 2 aromatic carbocycles. The quantitative estimate of drug-likeness (QED) is 0.377. The normalized spacial score (nSPS) is 11.2. The summed E-state index contributed by atoms with van der Waals surface area (Å²) >= 11 is 8.26. The van der Waals surface area contributed by atoms with Crippen molar-refractivity contribution >= 4 is 46.1 Å². The number of aliphatic imine (C=N–C) groups is 1. The van der Waals surface area contributed by atoms with E-state index in [-0.39, 0.29) is 0 Å². The maximum atomic E-state index is 5.95. The first-order valence-corrected chi connectivity index (χ1v) is 8.33. The molecule has 1 aromatic heterocycles. The largest absolute Gasteiger partial charge is 0.316 e. The summed E-state index contributed by atoms with van der Waals surface area (Å²) in [7, 11) is 0. The van der Waals surface area contributed by atoms with Crippen LogP contribution in [0.1, 0.15) is 11.3 Å². The molecule has 0 saturated carbocycles. The summed E-state index contributed by atoms with van der Waals surface area (Å²) in [6.07, 6.45) is 3.91. The minimum absolute atomic E-state index is 0.737. The first-order valence-electron chi connectivity index (χ1n) is 6.87. The van der Waals surface area contributed by atoms with Gasteiger partial charge in [0.25, 0.3) is 0 Å². The molecule has 4 heteroatoms. The van der Waals surface area contributed by atoms with Crippen LogP contribution in [0.4, 0.5) is 5.69 Å². The molecule has 0 bridgehead atoms. The third-order valence-corrected chi connectivity index (χ3v) is 4.30. The van der Waals surface area contributed by atoms with Crippen molar-refractivity contribution in [1.29, 1.82) is 0 Å². The summed E-state index contributed by atoms with van der Waals surface area (Å²) < 4.78 is 3.31.